The first-order valence-electron chi connectivity index (χ1n) is 8.75. The molecule has 140 valence electrons. The molecular weight excluding hydrogens is 367 g/mol. The summed E-state index contributed by atoms with van der Waals surface area (Å²) in [5, 5.41) is 0.177. The Bertz CT molecular complexity index is 1090. The maximum Gasteiger partial charge on any atom is 0.270 e. The lowest BCUT2D eigenvalue weighted by Gasteiger charge is -2.16. The zero-order valence-electron chi connectivity index (χ0n) is 14.6. The number of aromatic amines is 1. The minimum absolute atomic E-state index is 0.0216. The molecule has 4 rings (SSSR count). The standard InChI is InChI=1S/C20H19FN2O3S/c21-16-7-6-15-10-19(22-18(15)11-16)20(24)23-9-8-17(12-23)27(25,26)13-14-4-2-1-3-5-14/h1-7,10-11,17,22H,8-9,12-13H2. The minimum atomic E-state index is -3.35. The van der Waals surface area contributed by atoms with Crippen molar-refractivity contribution in [2.24, 2.45) is 0 Å². The summed E-state index contributed by atoms with van der Waals surface area (Å²) in [6.07, 6.45) is 0.426. The third kappa shape index (κ3) is 3.60. The number of likely N-dealkylation sites (tertiary alicyclic amines) is 1. The van der Waals surface area contributed by atoms with Crippen LogP contribution in [-0.2, 0) is 15.6 Å². The second kappa shape index (κ2) is 6.81. The van der Waals surface area contributed by atoms with Crippen molar-refractivity contribution in [1.82, 2.24) is 9.88 Å². The largest absolute Gasteiger partial charge is 0.350 e. The second-order valence-electron chi connectivity index (χ2n) is 6.87. The number of nitrogens with one attached hydrogen (secondary N) is 1. The summed E-state index contributed by atoms with van der Waals surface area (Å²) in [4.78, 5) is 17.2. The molecule has 0 spiro atoms. The van der Waals surface area contributed by atoms with E-state index in [1.54, 1.807) is 29.2 Å². The van der Waals surface area contributed by atoms with Crippen LogP contribution < -0.4 is 0 Å². The molecular formula is C20H19FN2O3S. The first-order valence-corrected chi connectivity index (χ1v) is 10.5. The average Bonchev–Trinajstić information content (AvgIpc) is 3.29. The molecule has 7 heteroatoms. The lowest BCUT2D eigenvalue weighted by molar-refractivity contribution is 0.0788. The molecule has 2 heterocycles. The maximum atomic E-state index is 13.3. The van der Waals surface area contributed by atoms with E-state index in [0.29, 0.717) is 24.2 Å². The molecule has 2 aromatic carbocycles. The molecule has 1 saturated heterocycles. The van der Waals surface area contributed by atoms with Gasteiger partial charge in [-0.05, 0) is 36.2 Å². The van der Waals surface area contributed by atoms with Gasteiger partial charge in [0.1, 0.15) is 11.5 Å². The molecule has 3 aromatic rings. The third-order valence-electron chi connectivity index (χ3n) is 4.97. The quantitative estimate of drug-likeness (QED) is 0.749. The first kappa shape index (κ1) is 17.7. The van der Waals surface area contributed by atoms with E-state index in [2.05, 4.69) is 4.98 Å². The van der Waals surface area contributed by atoms with Crippen molar-refractivity contribution < 1.29 is 17.6 Å². The number of hydrogen-bond donors (Lipinski definition) is 1. The van der Waals surface area contributed by atoms with Crippen molar-refractivity contribution in [2.45, 2.75) is 17.4 Å². The van der Waals surface area contributed by atoms with E-state index >= 15 is 0 Å². The first-order chi connectivity index (χ1) is 12.9. The Hall–Kier alpha value is -2.67. The van der Waals surface area contributed by atoms with Gasteiger partial charge in [0.25, 0.3) is 5.91 Å². The Kier molecular flexibility index (Phi) is 4.47. The van der Waals surface area contributed by atoms with Crippen LogP contribution in [0, 0.1) is 5.82 Å². The molecule has 0 aliphatic carbocycles. The average molecular weight is 386 g/mol. The van der Waals surface area contributed by atoms with E-state index in [0.717, 1.165) is 10.9 Å². The van der Waals surface area contributed by atoms with E-state index in [1.807, 2.05) is 18.2 Å². The lowest BCUT2D eigenvalue weighted by Crippen LogP contribution is -2.32. The van der Waals surface area contributed by atoms with Crippen molar-refractivity contribution in [1.29, 1.82) is 0 Å². The number of aromatic nitrogens is 1. The van der Waals surface area contributed by atoms with E-state index < -0.39 is 15.1 Å². The Balaban J connectivity index is 1.49. The molecule has 27 heavy (non-hydrogen) atoms. The maximum absolute atomic E-state index is 13.3. The second-order valence-corrected chi connectivity index (χ2v) is 9.15. The summed E-state index contributed by atoms with van der Waals surface area (Å²) < 4.78 is 38.7. The smallest absolute Gasteiger partial charge is 0.270 e. The van der Waals surface area contributed by atoms with E-state index in [4.69, 9.17) is 0 Å². The number of halogens is 1. The molecule has 1 amide bonds. The van der Waals surface area contributed by atoms with Gasteiger partial charge in [0, 0.05) is 24.0 Å². The lowest BCUT2D eigenvalue weighted by atomic mass is 10.2. The number of carbonyl (C=O) groups is 1. The Labute approximate surface area is 156 Å². The molecule has 5 nitrogen and oxygen atoms in total. The fourth-order valence-electron chi connectivity index (χ4n) is 3.52. The highest BCUT2D eigenvalue weighted by Gasteiger charge is 2.35. The number of rotatable bonds is 4. The van der Waals surface area contributed by atoms with Gasteiger partial charge in [0.05, 0.1) is 11.0 Å². The number of carbonyl (C=O) groups excluding carboxylic acids is 1. The molecule has 0 radical (unpaired) electrons. The fourth-order valence-corrected chi connectivity index (χ4v) is 5.28. The van der Waals surface area contributed by atoms with Crippen LogP contribution in [0.3, 0.4) is 0 Å². The number of amides is 1. The van der Waals surface area contributed by atoms with Gasteiger partial charge in [-0.3, -0.25) is 4.79 Å². The number of nitrogens with zero attached hydrogens (tertiary/aromatic N) is 1. The zero-order valence-corrected chi connectivity index (χ0v) is 15.4. The van der Waals surface area contributed by atoms with Crippen LogP contribution in [0.15, 0.2) is 54.6 Å². The highest BCUT2D eigenvalue weighted by molar-refractivity contribution is 7.91. The van der Waals surface area contributed by atoms with Crippen LogP contribution >= 0.6 is 0 Å². The van der Waals surface area contributed by atoms with Gasteiger partial charge < -0.3 is 9.88 Å². The van der Waals surface area contributed by atoms with Crippen LogP contribution in [0.2, 0.25) is 0 Å². The molecule has 0 bridgehead atoms. The fraction of sp³-hybridized carbons (Fsp3) is 0.250. The van der Waals surface area contributed by atoms with Crippen LogP contribution in [0.1, 0.15) is 22.5 Å². The molecule has 1 aliphatic heterocycles. The summed E-state index contributed by atoms with van der Waals surface area (Å²) in [6.45, 7) is 0.568. The third-order valence-corrected chi connectivity index (χ3v) is 7.10. The van der Waals surface area contributed by atoms with Crippen LogP contribution in [0.25, 0.3) is 10.9 Å². The minimum Gasteiger partial charge on any atom is -0.350 e. The molecule has 1 aliphatic rings. The van der Waals surface area contributed by atoms with Gasteiger partial charge in [-0.1, -0.05) is 30.3 Å². The van der Waals surface area contributed by atoms with Crippen LogP contribution in [0.5, 0.6) is 0 Å². The van der Waals surface area contributed by atoms with E-state index in [-0.39, 0.29) is 24.0 Å². The Morgan fingerprint density at radius 2 is 1.93 bits per heavy atom. The molecule has 1 N–H and O–H groups in total. The Morgan fingerprint density at radius 3 is 2.70 bits per heavy atom. The van der Waals surface area contributed by atoms with Gasteiger partial charge >= 0.3 is 0 Å². The normalized spacial score (nSPS) is 17.5. The number of sulfone groups is 1. The number of fused-ring (bicyclic) bond motifs is 1. The highest BCUT2D eigenvalue weighted by atomic mass is 32.2. The zero-order chi connectivity index (χ0) is 19.0. The number of benzene rings is 2. The van der Waals surface area contributed by atoms with Gasteiger partial charge in [0.15, 0.2) is 9.84 Å². The molecule has 1 unspecified atom stereocenters. The van der Waals surface area contributed by atoms with Gasteiger partial charge in [-0.25, -0.2) is 12.8 Å². The molecule has 0 saturated carbocycles. The van der Waals surface area contributed by atoms with Crippen molar-refractivity contribution in [3.8, 4) is 0 Å². The predicted octanol–water partition coefficient (Wildman–Crippen LogP) is 3.14. The predicted molar refractivity (Wildman–Crippen MR) is 102 cm³/mol. The van der Waals surface area contributed by atoms with Crippen molar-refractivity contribution in [3.05, 3.63) is 71.7 Å². The summed E-state index contributed by atoms with van der Waals surface area (Å²) in [5.41, 5.74) is 1.64. The van der Waals surface area contributed by atoms with Crippen molar-refractivity contribution in [2.75, 3.05) is 13.1 Å². The SMILES string of the molecule is O=C(c1cc2ccc(F)cc2[nH]1)N1CCC(S(=O)(=O)Cc2ccccc2)C1. The number of H-pyrrole nitrogens is 1. The molecule has 1 fully saturated rings. The van der Waals surface area contributed by atoms with Crippen molar-refractivity contribution in [3.63, 3.8) is 0 Å². The summed E-state index contributed by atoms with van der Waals surface area (Å²) in [5.74, 6) is -0.660. The summed E-state index contributed by atoms with van der Waals surface area (Å²) >= 11 is 0. The van der Waals surface area contributed by atoms with Gasteiger partial charge in [0.2, 0.25) is 0 Å². The van der Waals surface area contributed by atoms with Gasteiger partial charge in [-0.2, -0.15) is 0 Å². The van der Waals surface area contributed by atoms with E-state index in [1.165, 1.54) is 12.1 Å². The Morgan fingerprint density at radius 1 is 1.15 bits per heavy atom. The monoisotopic (exact) mass is 386 g/mol. The van der Waals surface area contributed by atoms with Gasteiger partial charge in [-0.15, -0.1) is 0 Å². The van der Waals surface area contributed by atoms with Crippen LogP contribution in [-0.4, -0.2) is 42.5 Å². The highest BCUT2D eigenvalue weighted by Crippen LogP contribution is 2.24. The molecule has 1 atom stereocenters. The van der Waals surface area contributed by atoms with E-state index in [9.17, 15) is 17.6 Å². The van der Waals surface area contributed by atoms with Crippen LogP contribution in [0.4, 0.5) is 4.39 Å². The number of hydrogen-bond acceptors (Lipinski definition) is 3. The summed E-state index contributed by atoms with van der Waals surface area (Å²) in [6, 6.07) is 15.0. The molecule has 1 aromatic heterocycles. The van der Waals surface area contributed by atoms with Crippen molar-refractivity contribution >= 4 is 26.6 Å². The topological polar surface area (TPSA) is 70.2 Å². The summed E-state index contributed by atoms with van der Waals surface area (Å²) in [7, 11) is -3.35.